The van der Waals surface area contributed by atoms with Crippen LogP contribution in [0.1, 0.15) is 0 Å². The molecule has 6 heteroatoms. The molecule has 0 bridgehead atoms. The van der Waals surface area contributed by atoms with Crippen molar-refractivity contribution < 1.29 is 17.9 Å². The van der Waals surface area contributed by atoms with Gasteiger partial charge >= 0.3 is 0 Å². The Morgan fingerprint density at radius 1 is 0.917 bits per heavy atom. The number of rotatable bonds is 9. The molecule has 0 aliphatic rings. The van der Waals surface area contributed by atoms with Gasteiger partial charge in [0.25, 0.3) is 0 Å². The number of ether oxygens (including phenoxy) is 2. The third-order valence-corrected chi connectivity index (χ3v) is 5.36. The highest BCUT2D eigenvalue weighted by molar-refractivity contribution is 7.91. The summed E-state index contributed by atoms with van der Waals surface area (Å²) in [4.78, 5) is 2.32. The van der Waals surface area contributed by atoms with Crippen LogP contribution in [-0.2, 0) is 9.84 Å². The molecule has 24 heavy (non-hydrogen) atoms. The molecule has 0 saturated heterocycles. The summed E-state index contributed by atoms with van der Waals surface area (Å²) in [5, 5.41) is 0. The van der Waals surface area contributed by atoms with E-state index in [0.29, 0.717) is 24.6 Å². The first-order valence-electron chi connectivity index (χ1n) is 7.74. The quantitative estimate of drug-likeness (QED) is 0.696. The normalized spacial score (nSPS) is 11.5. The van der Waals surface area contributed by atoms with E-state index in [1.807, 2.05) is 42.3 Å². The minimum atomic E-state index is -3.24. The number of likely N-dealkylation sites (N-methyl/N-ethyl adjacent to an activating group) is 1. The van der Waals surface area contributed by atoms with Crippen molar-refractivity contribution in [1.29, 1.82) is 0 Å². The smallest absolute Gasteiger partial charge is 0.179 e. The van der Waals surface area contributed by atoms with Gasteiger partial charge < -0.3 is 14.4 Å². The summed E-state index contributed by atoms with van der Waals surface area (Å²) in [5.74, 6) is 1.64. The first kappa shape index (κ1) is 18.3. The van der Waals surface area contributed by atoms with E-state index >= 15 is 0 Å². The summed E-state index contributed by atoms with van der Waals surface area (Å²) in [6, 6.07) is 15.9. The minimum Gasteiger partial charge on any atom is -0.497 e. The van der Waals surface area contributed by atoms with Crippen LogP contribution in [0.4, 0.5) is 0 Å². The summed E-state index contributed by atoms with van der Waals surface area (Å²) in [6.45, 7) is 1.60. The van der Waals surface area contributed by atoms with E-state index in [2.05, 4.69) is 0 Å². The van der Waals surface area contributed by atoms with Crippen molar-refractivity contribution in [3.8, 4) is 11.5 Å². The lowest BCUT2D eigenvalue weighted by Gasteiger charge is -2.17. The van der Waals surface area contributed by atoms with E-state index in [1.54, 1.807) is 31.4 Å². The molecule has 0 radical (unpaired) electrons. The molecule has 0 N–H and O–H groups in total. The second kappa shape index (κ2) is 8.70. The molecule has 0 aliphatic heterocycles. The topological polar surface area (TPSA) is 55.8 Å². The Hall–Kier alpha value is -2.05. The Morgan fingerprint density at radius 3 is 2.17 bits per heavy atom. The van der Waals surface area contributed by atoms with Gasteiger partial charge in [0.2, 0.25) is 0 Å². The van der Waals surface area contributed by atoms with E-state index in [0.717, 1.165) is 11.5 Å². The van der Waals surface area contributed by atoms with Crippen LogP contribution in [0.25, 0.3) is 0 Å². The predicted octanol–water partition coefficient (Wildman–Crippen LogP) is 2.48. The van der Waals surface area contributed by atoms with Crippen molar-refractivity contribution in [3.63, 3.8) is 0 Å². The third-order valence-electron chi connectivity index (χ3n) is 3.65. The molecule has 2 rings (SSSR count). The van der Waals surface area contributed by atoms with Crippen LogP contribution in [0.5, 0.6) is 11.5 Å². The first-order valence-corrected chi connectivity index (χ1v) is 9.40. The second-order valence-corrected chi connectivity index (χ2v) is 7.57. The van der Waals surface area contributed by atoms with Crippen molar-refractivity contribution in [3.05, 3.63) is 54.6 Å². The molecule has 0 heterocycles. The largest absolute Gasteiger partial charge is 0.497 e. The molecule has 2 aromatic carbocycles. The van der Waals surface area contributed by atoms with E-state index in [4.69, 9.17) is 9.47 Å². The average Bonchev–Trinajstić information content (AvgIpc) is 2.61. The molecule has 0 aliphatic carbocycles. The molecule has 2 aromatic rings. The number of sulfone groups is 1. The SMILES string of the molecule is COc1ccc(OCCN(C)CCS(=O)(=O)c2ccccc2)cc1. The molecular weight excluding hydrogens is 326 g/mol. The monoisotopic (exact) mass is 349 g/mol. The van der Waals surface area contributed by atoms with Gasteiger partial charge in [-0.1, -0.05) is 18.2 Å². The van der Waals surface area contributed by atoms with Crippen LogP contribution in [-0.4, -0.2) is 52.9 Å². The summed E-state index contributed by atoms with van der Waals surface area (Å²) >= 11 is 0. The molecule has 0 spiro atoms. The van der Waals surface area contributed by atoms with Gasteiger partial charge in [-0.2, -0.15) is 0 Å². The average molecular weight is 349 g/mol. The van der Waals surface area contributed by atoms with E-state index in [1.165, 1.54) is 0 Å². The highest BCUT2D eigenvalue weighted by atomic mass is 32.2. The van der Waals surface area contributed by atoms with Gasteiger partial charge in [-0.25, -0.2) is 8.42 Å². The van der Waals surface area contributed by atoms with Crippen molar-refractivity contribution >= 4 is 9.84 Å². The van der Waals surface area contributed by atoms with Crippen LogP contribution in [0.3, 0.4) is 0 Å². The van der Waals surface area contributed by atoms with Crippen LogP contribution >= 0.6 is 0 Å². The molecule has 0 fully saturated rings. The Morgan fingerprint density at radius 2 is 1.54 bits per heavy atom. The lowest BCUT2D eigenvalue weighted by atomic mass is 10.3. The van der Waals surface area contributed by atoms with Gasteiger partial charge in [-0.05, 0) is 43.4 Å². The molecule has 0 atom stereocenters. The summed E-state index contributed by atoms with van der Waals surface area (Å²) < 4.78 is 35.2. The highest BCUT2D eigenvalue weighted by Gasteiger charge is 2.14. The van der Waals surface area contributed by atoms with Crippen molar-refractivity contribution in [2.75, 3.05) is 39.6 Å². The maximum absolute atomic E-state index is 12.2. The Bertz CT molecular complexity index is 714. The van der Waals surface area contributed by atoms with Gasteiger partial charge in [-0.3, -0.25) is 0 Å². The minimum absolute atomic E-state index is 0.0933. The Balaban J connectivity index is 1.74. The number of hydrogen-bond acceptors (Lipinski definition) is 5. The molecule has 0 saturated carbocycles. The zero-order chi connectivity index (χ0) is 17.4. The highest BCUT2D eigenvalue weighted by Crippen LogP contribution is 2.16. The van der Waals surface area contributed by atoms with Crippen molar-refractivity contribution in [2.45, 2.75) is 4.90 Å². The van der Waals surface area contributed by atoms with Crippen LogP contribution in [0, 0.1) is 0 Å². The van der Waals surface area contributed by atoms with Crippen LogP contribution in [0.2, 0.25) is 0 Å². The fourth-order valence-corrected chi connectivity index (χ4v) is 3.48. The maximum atomic E-state index is 12.2. The number of benzene rings is 2. The van der Waals surface area contributed by atoms with E-state index < -0.39 is 9.84 Å². The van der Waals surface area contributed by atoms with Gasteiger partial charge in [0.1, 0.15) is 18.1 Å². The summed E-state index contributed by atoms with van der Waals surface area (Å²) in [6.07, 6.45) is 0. The van der Waals surface area contributed by atoms with Gasteiger partial charge in [0, 0.05) is 13.1 Å². The molecule has 5 nitrogen and oxygen atoms in total. The molecule has 0 aromatic heterocycles. The van der Waals surface area contributed by atoms with Crippen molar-refractivity contribution in [1.82, 2.24) is 4.90 Å². The second-order valence-electron chi connectivity index (χ2n) is 5.46. The van der Waals surface area contributed by atoms with Crippen LogP contribution in [0.15, 0.2) is 59.5 Å². The van der Waals surface area contributed by atoms with Crippen molar-refractivity contribution in [2.24, 2.45) is 0 Å². The number of hydrogen-bond donors (Lipinski definition) is 0. The molecular formula is C18H23NO4S. The standard InChI is InChI=1S/C18H23NO4S/c1-19(12-14-23-17-10-8-16(22-2)9-11-17)13-15-24(20,21)18-6-4-3-5-7-18/h3-11H,12-15H2,1-2H3. The number of methoxy groups -OCH3 is 1. The van der Waals surface area contributed by atoms with Crippen LogP contribution < -0.4 is 9.47 Å². The number of nitrogens with zero attached hydrogens (tertiary/aromatic N) is 1. The maximum Gasteiger partial charge on any atom is 0.179 e. The molecule has 0 amide bonds. The zero-order valence-corrected chi connectivity index (χ0v) is 14.8. The van der Waals surface area contributed by atoms with E-state index in [-0.39, 0.29) is 5.75 Å². The Labute approximate surface area is 143 Å². The molecule has 130 valence electrons. The molecule has 0 unspecified atom stereocenters. The Kier molecular flexibility index (Phi) is 6.63. The summed E-state index contributed by atoms with van der Waals surface area (Å²) in [5.41, 5.74) is 0. The van der Waals surface area contributed by atoms with Gasteiger partial charge in [0.15, 0.2) is 9.84 Å². The zero-order valence-electron chi connectivity index (χ0n) is 14.0. The lowest BCUT2D eigenvalue weighted by Crippen LogP contribution is -2.29. The fraction of sp³-hybridized carbons (Fsp3) is 0.333. The first-order chi connectivity index (χ1) is 11.5. The van der Waals surface area contributed by atoms with Gasteiger partial charge in [-0.15, -0.1) is 0 Å². The predicted molar refractivity (Wildman–Crippen MR) is 94.5 cm³/mol. The fourth-order valence-electron chi connectivity index (χ4n) is 2.12. The van der Waals surface area contributed by atoms with E-state index in [9.17, 15) is 8.42 Å². The summed E-state index contributed by atoms with van der Waals surface area (Å²) in [7, 11) is 0.270. The van der Waals surface area contributed by atoms with Gasteiger partial charge in [0.05, 0.1) is 17.8 Å². The lowest BCUT2D eigenvalue weighted by molar-refractivity contribution is 0.244. The third kappa shape index (κ3) is 5.54.